The number of piperidine rings is 1. The third-order valence-corrected chi connectivity index (χ3v) is 6.40. The van der Waals surface area contributed by atoms with Crippen LogP contribution in [0.5, 0.6) is 0 Å². The van der Waals surface area contributed by atoms with Gasteiger partial charge in [0.15, 0.2) is 0 Å². The summed E-state index contributed by atoms with van der Waals surface area (Å²) in [6.45, 7) is 3.39. The Morgan fingerprint density at radius 1 is 1.23 bits per heavy atom. The molecule has 0 unspecified atom stereocenters. The van der Waals surface area contributed by atoms with Crippen molar-refractivity contribution >= 4 is 5.91 Å². The molecule has 1 atom stereocenters. The van der Waals surface area contributed by atoms with Crippen LogP contribution < -0.4 is 0 Å². The zero-order valence-corrected chi connectivity index (χ0v) is 15.9. The number of nitrogens with zero attached hydrogens (tertiary/aromatic N) is 3. The van der Waals surface area contributed by atoms with Crippen LogP contribution in [0.3, 0.4) is 0 Å². The van der Waals surface area contributed by atoms with Gasteiger partial charge >= 0.3 is 0 Å². The number of hydrogen-bond donors (Lipinski definition) is 0. The first-order chi connectivity index (χ1) is 12.5. The quantitative estimate of drug-likeness (QED) is 0.828. The van der Waals surface area contributed by atoms with Crippen molar-refractivity contribution in [1.29, 1.82) is 0 Å². The van der Waals surface area contributed by atoms with E-state index in [2.05, 4.69) is 48.4 Å². The van der Waals surface area contributed by atoms with Crippen molar-refractivity contribution in [3.05, 3.63) is 52.9 Å². The molecular formula is C21H27N3O2. The fourth-order valence-corrected chi connectivity index (χ4v) is 4.84. The SMILES string of the molecule is Cc1oncc1C(=O)N1CCC2(CC[C@H](N(C)C)c3ccccc32)CC1. The fourth-order valence-electron chi connectivity index (χ4n) is 4.84. The second-order valence-corrected chi connectivity index (χ2v) is 7.97. The Hall–Kier alpha value is -2.14. The number of carbonyl (C=O) groups is 1. The highest BCUT2D eigenvalue weighted by molar-refractivity contribution is 5.94. The lowest BCUT2D eigenvalue weighted by Crippen LogP contribution is -2.47. The minimum atomic E-state index is 0.0499. The van der Waals surface area contributed by atoms with Gasteiger partial charge in [0.25, 0.3) is 5.91 Å². The van der Waals surface area contributed by atoms with Crippen LogP contribution in [0.15, 0.2) is 35.0 Å². The van der Waals surface area contributed by atoms with E-state index < -0.39 is 0 Å². The smallest absolute Gasteiger partial charge is 0.259 e. The second kappa shape index (κ2) is 6.54. The zero-order chi connectivity index (χ0) is 18.3. The second-order valence-electron chi connectivity index (χ2n) is 7.97. The van der Waals surface area contributed by atoms with Gasteiger partial charge in [-0.3, -0.25) is 4.79 Å². The van der Waals surface area contributed by atoms with Crippen molar-refractivity contribution in [1.82, 2.24) is 15.0 Å². The van der Waals surface area contributed by atoms with Crippen molar-refractivity contribution in [2.75, 3.05) is 27.2 Å². The van der Waals surface area contributed by atoms with E-state index in [0.717, 1.165) is 25.9 Å². The molecule has 0 radical (unpaired) electrons. The van der Waals surface area contributed by atoms with Crippen LogP contribution in [0.1, 0.15) is 59.0 Å². The van der Waals surface area contributed by atoms with E-state index in [-0.39, 0.29) is 11.3 Å². The largest absolute Gasteiger partial charge is 0.361 e. The molecule has 1 saturated heterocycles. The predicted octanol–water partition coefficient (Wildman–Crippen LogP) is 3.55. The standard InChI is InChI=1S/C21H27N3O2/c1-15-17(14-22-26-15)20(25)24-12-10-21(11-13-24)9-8-19(23(2)3)16-6-4-5-7-18(16)21/h4-7,14,19H,8-13H2,1-3H3/t19-/m0/s1. The number of aryl methyl sites for hydroxylation is 1. The van der Waals surface area contributed by atoms with Crippen molar-refractivity contribution in [3.63, 3.8) is 0 Å². The number of fused-ring (bicyclic) bond motifs is 2. The first kappa shape index (κ1) is 17.3. The summed E-state index contributed by atoms with van der Waals surface area (Å²) in [7, 11) is 4.34. The van der Waals surface area contributed by atoms with Gasteiger partial charge in [-0.15, -0.1) is 0 Å². The van der Waals surface area contributed by atoms with Gasteiger partial charge in [0.05, 0.1) is 6.20 Å². The number of aromatic nitrogens is 1. The summed E-state index contributed by atoms with van der Waals surface area (Å²) < 4.78 is 5.06. The summed E-state index contributed by atoms with van der Waals surface area (Å²) in [5.41, 5.74) is 3.78. The molecule has 1 amide bonds. The van der Waals surface area contributed by atoms with Gasteiger partial charge in [-0.25, -0.2) is 0 Å². The van der Waals surface area contributed by atoms with E-state index in [9.17, 15) is 4.79 Å². The summed E-state index contributed by atoms with van der Waals surface area (Å²) in [6, 6.07) is 9.42. The zero-order valence-electron chi connectivity index (χ0n) is 15.9. The highest BCUT2D eigenvalue weighted by Gasteiger charge is 2.43. The molecule has 5 heteroatoms. The van der Waals surface area contributed by atoms with E-state index in [4.69, 9.17) is 4.52 Å². The minimum Gasteiger partial charge on any atom is -0.361 e. The number of likely N-dealkylation sites (tertiary alicyclic amines) is 1. The molecule has 0 bridgehead atoms. The van der Waals surface area contributed by atoms with E-state index in [0.29, 0.717) is 17.4 Å². The van der Waals surface area contributed by atoms with Crippen molar-refractivity contribution in [2.45, 2.75) is 44.1 Å². The van der Waals surface area contributed by atoms with Crippen LogP contribution in [0.25, 0.3) is 0 Å². The van der Waals surface area contributed by atoms with Gasteiger partial charge in [-0.05, 0) is 63.2 Å². The summed E-state index contributed by atoms with van der Waals surface area (Å²) >= 11 is 0. The lowest BCUT2D eigenvalue weighted by molar-refractivity contribution is 0.0636. The van der Waals surface area contributed by atoms with Gasteiger partial charge in [0, 0.05) is 19.1 Å². The Labute approximate surface area is 155 Å². The average molecular weight is 353 g/mol. The maximum atomic E-state index is 12.8. The molecule has 1 aliphatic heterocycles. The highest BCUT2D eigenvalue weighted by atomic mass is 16.5. The maximum absolute atomic E-state index is 12.8. The molecule has 2 aliphatic rings. The molecular weight excluding hydrogens is 326 g/mol. The highest BCUT2D eigenvalue weighted by Crippen LogP contribution is 2.49. The van der Waals surface area contributed by atoms with E-state index in [1.807, 2.05) is 4.90 Å². The van der Waals surface area contributed by atoms with E-state index >= 15 is 0 Å². The van der Waals surface area contributed by atoms with Crippen LogP contribution >= 0.6 is 0 Å². The Kier molecular flexibility index (Phi) is 4.35. The molecule has 26 heavy (non-hydrogen) atoms. The van der Waals surface area contributed by atoms with Gasteiger partial charge in [-0.1, -0.05) is 29.4 Å². The molecule has 4 rings (SSSR count). The lowest BCUT2D eigenvalue weighted by atomic mass is 9.63. The fraction of sp³-hybridized carbons (Fsp3) is 0.524. The van der Waals surface area contributed by atoms with Crippen LogP contribution in [0.2, 0.25) is 0 Å². The first-order valence-corrected chi connectivity index (χ1v) is 9.48. The van der Waals surface area contributed by atoms with Gasteiger partial charge in [0.1, 0.15) is 11.3 Å². The monoisotopic (exact) mass is 353 g/mol. The van der Waals surface area contributed by atoms with Crippen LogP contribution in [-0.2, 0) is 5.41 Å². The molecule has 2 heterocycles. The van der Waals surface area contributed by atoms with Crippen LogP contribution in [0.4, 0.5) is 0 Å². The molecule has 1 aliphatic carbocycles. The summed E-state index contributed by atoms with van der Waals surface area (Å²) in [6.07, 6.45) is 5.98. The summed E-state index contributed by atoms with van der Waals surface area (Å²) in [5, 5.41) is 3.75. The third kappa shape index (κ3) is 2.75. The number of benzene rings is 1. The van der Waals surface area contributed by atoms with E-state index in [1.54, 1.807) is 13.1 Å². The molecule has 0 N–H and O–H groups in total. The summed E-state index contributed by atoms with van der Waals surface area (Å²) in [5.74, 6) is 0.654. The minimum absolute atomic E-state index is 0.0499. The normalized spacial score (nSPS) is 21.8. The molecule has 1 aromatic heterocycles. The number of amides is 1. The average Bonchev–Trinajstić information content (AvgIpc) is 3.08. The Balaban J connectivity index is 1.56. The van der Waals surface area contributed by atoms with Crippen LogP contribution in [0, 0.1) is 6.92 Å². The van der Waals surface area contributed by atoms with Crippen molar-refractivity contribution < 1.29 is 9.32 Å². The molecule has 2 aromatic rings. The van der Waals surface area contributed by atoms with E-state index in [1.165, 1.54) is 24.0 Å². The number of rotatable bonds is 2. The molecule has 138 valence electrons. The Bertz CT molecular complexity index is 803. The van der Waals surface area contributed by atoms with Gasteiger partial charge in [0.2, 0.25) is 0 Å². The topological polar surface area (TPSA) is 49.6 Å². The maximum Gasteiger partial charge on any atom is 0.259 e. The number of hydrogen-bond acceptors (Lipinski definition) is 4. The lowest BCUT2D eigenvalue weighted by Gasteiger charge is -2.48. The molecule has 1 aromatic carbocycles. The molecule has 5 nitrogen and oxygen atoms in total. The molecule has 0 saturated carbocycles. The van der Waals surface area contributed by atoms with Gasteiger partial charge < -0.3 is 14.3 Å². The molecule has 1 fully saturated rings. The third-order valence-electron chi connectivity index (χ3n) is 6.40. The predicted molar refractivity (Wildman–Crippen MR) is 100 cm³/mol. The summed E-state index contributed by atoms with van der Waals surface area (Å²) in [4.78, 5) is 17.1. The Morgan fingerprint density at radius 3 is 2.62 bits per heavy atom. The van der Waals surface area contributed by atoms with Crippen molar-refractivity contribution in [2.24, 2.45) is 0 Å². The first-order valence-electron chi connectivity index (χ1n) is 9.48. The van der Waals surface area contributed by atoms with Crippen LogP contribution in [-0.4, -0.2) is 48.0 Å². The Morgan fingerprint density at radius 2 is 1.96 bits per heavy atom. The van der Waals surface area contributed by atoms with Crippen molar-refractivity contribution in [3.8, 4) is 0 Å². The van der Waals surface area contributed by atoms with Gasteiger partial charge in [-0.2, -0.15) is 0 Å². The number of carbonyl (C=O) groups excluding carboxylic acids is 1. The molecule has 1 spiro atoms.